The zero-order valence-corrected chi connectivity index (χ0v) is 22.9. The molecule has 0 radical (unpaired) electrons. The lowest BCUT2D eigenvalue weighted by Crippen LogP contribution is -2.59. The number of carbonyl (C=O) groups is 5. The van der Waals surface area contributed by atoms with Gasteiger partial charge in [0.15, 0.2) is 6.04 Å². The summed E-state index contributed by atoms with van der Waals surface area (Å²) in [5.74, 6) is -2.99. The molecule has 0 aliphatic rings. The van der Waals surface area contributed by atoms with Gasteiger partial charge in [-0.05, 0) is 46.0 Å². The highest BCUT2D eigenvalue weighted by Gasteiger charge is 2.33. The second kappa shape index (κ2) is 15.3. The Bertz CT molecular complexity index is 766. The van der Waals surface area contributed by atoms with Gasteiger partial charge in [0.2, 0.25) is 17.7 Å². The van der Waals surface area contributed by atoms with E-state index in [4.69, 9.17) is 4.74 Å². The van der Waals surface area contributed by atoms with E-state index in [9.17, 15) is 29.1 Å². The quantitative estimate of drug-likeness (QED) is 0.222. The summed E-state index contributed by atoms with van der Waals surface area (Å²) in [6.07, 6.45) is 0.0177. The molecule has 12 heteroatoms. The average molecular weight is 517 g/mol. The van der Waals surface area contributed by atoms with E-state index in [0.29, 0.717) is 6.42 Å². The highest BCUT2D eigenvalue weighted by atomic mass is 16.6. The minimum Gasteiger partial charge on any atom is -0.467 e. The maximum absolute atomic E-state index is 13.2. The molecule has 0 aliphatic heterocycles. The third-order valence-electron chi connectivity index (χ3n) is 5.24. The molecule has 0 rings (SSSR count). The molecule has 0 aromatic rings. The van der Waals surface area contributed by atoms with Crippen LogP contribution in [0.1, 0.15) is 68.2 Å². The van der Waals surface area contributed by atoms with E-state index in [-0.39, 0.29) is 18.3 Å². The van der Waals surface area contributed by atoms with E-state index in [1.807, 2.05) is 20.8 Å². The number of aliphatic hydroxyl groups is 1. The van der Waals surface area contributed by atoms with Crippen LogP contribution in [0, 0.1) is 11.8 Å². The van der Waals surface area contributed by atoms with Crippen molar-refractivity contribution < 1.29 is 38.6 Å². The van der Waals surface area contributed by atoms with E-state index < -0.39 is 66.2 Å². The Kier molecular flexibility index (Phi) is 14.0. The number of aliphatic hydroxyl groups excluding tert-OH is 1. The number of carbonyl (C=O) groups excluding carboxylic acids is 5. The maximum Gasteiger partial charge on any atom is 0.408 e. The highest BCUT2D eigenvalue weighted by molar-refractivity contribution is 5.94. The number of esters is 1. The van der Waals surface area contributed by atoms with E-state index in [1.54, 1.807) is 27.7 Å². The van der Waals surface area contributed by atoms with Crippen LogP contribution < -0.4 is 21.3 Å². The smallest absolute Gasteiger partial charge is 0.408 e. The Balaban J connectivity index is 5.53. The summed E-state index contributed by atoms with van der Waals surface area (Å²) in [6, 6.07) is -4.29. The fourth-order valence-electron chi connectivity index (χ4n) is 3.09. The minimum atomic E-state index is -1.28. The summed E-state index contributed by atoms with van der Waals surface area (Å²) in [7, 11) is 1.13. The number of alkyl carbamates (subject to hydrolysis) is 1. The number of hydrogen-bond donors (Lipinski definition) is 5. The van der Waals surface area contributed by atoms with Crippen LogP contribution in [-0.4, -0.2) is 78.4 Å². The number of ether oxygens (including phenoxy) is 2. The van der Waals surface area contributed by atoms with E-state index in [1.165, 1.54) is 6.92 Å². The van der Waals surface area contributed by atoms with Crippen LogP contribution in [-0.2, 0) is 28.7 Å². The zero-order valence-electron chi connectivity index (χ0n) is 22.9. The van der Waals surface area contributed by atoms with Crippen LogP contribution in [0.25, 0.3) is 0 Å². The number of methoxy groups -OCH3 is 1. The summed E-state index contributed by atoms with van der Waals surface area (Å²) in [5, 5.41) is 19.5. The van der Waals surface area contributed by atoms with Crippen molar-refractivity contribution in [3.05, 3.63) is 0 Å². The molecule has 12 nitrogen and oxygen atoms in total. The van der Waals surface area contributed by atoms with Crippen molar-refractivity contribution in [3.63, 3.8) is 0 Å². The van der Waals surface area contributed by atoms with Gasteiger partial charge in [0, 0.05) is 0 Å². The van der Waals surface area contributed by atoms with Crippen molar-refractivity contribution in [2.24, 2.45) is 11.8 Å². The molecule has 0 saturated carbocycles. The standard InChI is InChI=1S/C24H44N4O8/c1-10-14(4)18(28-19(30)15(5)25-23(34)36-24(6,7)8)21(32)26-16(11-13(2)3)20(31)27-17(12-29)22(33)35-9/h13-18,29H,10-12H2,1-9H3,(H,25,34)(H,26,32)(H,27,31)(H,28,30)/t14-,15-,16-,17-,18-/m0/s1. The number of hydrogen-bond acceptors (Lipinski definition) is 8. The van der Waals surface area contributed by atoms with Gasteiger partial charge in [0.25, 0.3) is 0 Å². The molecule has 4 amide bonds. The van der Waals surface area contributed by atoms with Crippen molar-refractivity contribution in [1.29, 1.82) is 0 Å². The maximum atomic E-state index is 13.2. The van der Waals surface area contributed by atoms with Gasteiger partial charge in [-0.15, -0.1) is 0 Å². The lowest BCUT2D eigenvalue weighted by molar-refractivity contribution is -0.146. The molecular formula is C24H44N4O8. The minimum absolute atomic E-state index is 0.00134. The first-order valence-electron chi connectivity index (χ1n) is 12.1. The van der Waals surface area contributed by atoms with Crippen LogP contribution in [0.5, 0.6) is 0 Å². The summed E-state index contributed by atoms with van der Waals surface area (Å²) in [4.78, 5) is 62.5. The van der Waals surface area contributed by atoms with Gasteiger partial charge in [-0.3, -0.25) is 14.4 Å². The fourth-order valence-corrected chi connectivity index (χ4v) is 3.09. The molecule has 0 aromatic heterocycles. The van der Waals surface area contributed by atoms with Gasteiger partial charge in [-0.2, -0.15) is 0 Å². The van der Waals surface area contributed by atoms with Crippen molar-refractivity contribution in [3.8, 4) is 0 Å². The summed E-state index contributed by atoms with van der Waals surface area (Å²) >= 11 is 0. The molecule has 5 N–H and O–H groups in total. The molecule has 0 heterocycles. The van der Waals surface area contributed by atoms with Crippen molar-refractivity contribution in [2.75, 3.05) is 13.7 Å². The Morgan fingerprint density at radius 3 is 1.83 bits per heavy atom. The van der Waals surface area contributed by atoms with Crippen LogP contribution in [0.3, 0.4) is 0 Å². The first-order chi connectivity index (χ1) is 16.6. The Morgan fingerprint density at radius 1 is 0.833 bits per heavy atom. The van der Waals surface area contributed by atoms with Gasteiger partial charge in [0.05, 0.1) is 13.7 Å². The molecule has 0 spiro atoms. The third kappa shape index (κ3) is 12.2. The van der Waals surface area contributed by atoms with Crippen LogP contribution in [0.2, 0.25) is 0 Å². The Morgan fingerprint density at radius 2 is 1.39 bits per heavy atom. The molecule has 0 bridgehead atoms. The molecule has 0 fully saturated rings. The molecule has 208 valence electrons. The van der Waals surface area contributed by atoms with Crippen molar-refractivity contribution >= 4 is 29.8 Å². The largest absolute Gasteiger partial charge is 0.467 e. The predicted octanol–water partition coefficient (Wildman–Crippen LogP) is 0.612. The molecule has 0 aliphatic carbocycles. The average Bonchev–Trinajstić information content (AvgIpc) is 2.77. The van der Waals surface area contributed by atoms with E-state index >= 15 is 0 Å². The normalized spacial score (nSPS) is 15.5. The summed E-state index contributed by atoms with van der Waals surface area (Å²) < 4.78 is 9.72. The monoisotopic (exact) mass is 516 g/mol. The second-order valence-corrected chi connectivity index (χ2v) is 10.2. The molecule has 0 aromatic carbocycles. The third-order valence-corrected chi connectivity index (χ3v) is 5.24. The van der Waals surface area contributed by atoms with Crippen molar-refractivity contribution in [1.82, 2.24) is 21.3 Å². The molecule has 0 saturated heterocycles. The summed E-state index contributed by atoms with van der Waals surface area (Å²) in [5.41, 5.74) is -0.742. The first kappa shape index (κ1) is 33.1. The lowest BCUT2D eigenvalue weighted by atomic mass is 9.96. The SMILES string of the molecule is CC[C@H](C)[C@H](NC(=O)[C@H](C)NC(=O)OC(C)(C)C)C(=O)N[C@@H](CC(C)C)C(=O)N[C@@H](CO)C(=O)OC. The Hall–Kier alpha value is -2.89. The fraction of sp³-hybridized carbons (Fsp3) is 0.792. The predicted molar refractivity (Wildman–Crippen MR) is 133 cm³/mol. The van der Waals surface area contributed by atoms with E-state index in [2.05, 4.69) is 26.0 Å². The van der Waals surface area contributed by atoms with Gasteiger partial charge >= 0.3 is 12.1 Å². The molecular weight excluding hydrogens is 472 g/mol. The number of rotatable bonds is 13. The highest BCUT2D eigenvalue weighted by Crippen LogP contribution is 2.12. The van der Waals surface area contributed by atoms with Gasteiger partial charge in [0.1, 0.15) is 23.7 Å². The molecule has 36 heavy (non-hydrogen) atoms. The topological polar surface area (TPSA) is 172 Å². The van der Waals surface area contributed by atoms with Crippen LogP contribution >= 0.6 is 0 Å². The second-order valence-electron chi connectivity index (χ2n) is 10.2. The summed E-state index contributed by atoms with van der Waals surface area (Å²) in [6.45, 7) is 13.2. The first-order valence-corrected chi connectivity index (χ1v) is 12.1. The van der Waals surface area contributed by atoms with Crippen LogP contribution in [0.15, 0.2) is 0 Å². The van der Waals surface area contributed by atoms with E-state index in [0.717, 1.165) is 7.11 Å². The van der Waals surface area contributed by atoms with Gasteiger partial charge in [-0.1, -0.05) is 34.1 Å². The van der Waals surface area contributed by atoms with Crippen LogP contribution in [0.4, 0.5) is 4.79 Å². The van der Waals surface area contributed by atoms with Gasteiger partial charge in [-0.25, -0.2) is 9.59 Å². The number of nitrogens with one attached hydrogen (secondary N) is 4. The Labute approximate surface area is 213 Å². The zero-order chi connectivity index (χ0) is 28.2. The number of amides is 4. The molecule has 0 unspecified atom stereocenters. The molecule has 5 atom stereocenters. The lowest BCUT2D eigenvalue weighted by Gasteiger charge is -2.29. The van der Waals surface area contributed by atoms with Crippen molar-refractivity contribution in [2.45, 2.75) is 98.0 Å². The van der Waals surface area contributed by atoms with Gasteiger partial charge < -0.3 is 35.8 Å².